The molecule has 30 heavy (non-hydrogen) atoms. The second-order valence-electron chi connectivity index (χ2n) is 5.62. The Labute approximate surface area is 180 Å². The highest BCUT2D eigenvalue weighted by Crippen LogP contribution is 2.25. The molecule has 0 aromatic rings. The second kappa shape index (κ2) is 10.7. The Balaban J connectivity index is 0.000000382. The molecule has 0 saturated carbocycles. The average molecular weight is 523 g/mol. The number of fused-ring (bicyclic) bond motifs is 1. The number of hydrogen-bond donors (Lipinski definition) is 1. The van der Waals surface area contributed by atoms with Crippen molar-refractivity contribution in [2.45, 2.75) is 12.4 Å². The minimum atomic E-state index is -4.87. The molecule has 2 unspecified atom stereocenters. The lowest BCUT2D eigenvalue weighted by Gasteiger charge is -2.20. The standard InChI is InChI=1S/C6H18N3S.C4H2F6N7S3/c1-7(2)10(8(3)4)9(5)6;5-3(6,7)1(11)12-18-15-19-13-2(4(8,9)10)14-20(16-18)17-19/h1-6H3;(H2,11,12,13,14,15,16,17)/q+1;-1. The summed E-state index contributed by atoms with van der Waals surface area (Å²) in [5, 5.41) is 0. The third-order valence-electron chi connectivity index (χ3n) is 2.44. The van der Waals surface area contributed by atoms with Crippen LogP contribution < -0.4 is 5.73 Å². The van der Waals surface area contributed by atoms with Crippen LogP contribution >= 0.6 is 0 Å². The summed E-state index contributed by atoms with van der Waals surface area (Å²) in [5.74, 6) is -3.12. The summed E-state index contributed by atoms with van der Waals surface area (Å²) in [6, 6.07) is 0. The number of nitrogens with zero attached hydrogens (tertiary/aromatic N) is 9. The van der Waals surface area contributed by atoms with E-state index in [1.54, 1.807) is 0 Å². The summed E-state index contributed by atoms with van der Waals surface area (Å²) in [6.45, 7) is 0. The Morgan fingerprint density at radius 1 is 0.933 bits per heavy atom. The van der Waals surface area contributed by atoms with Crippen molar-refractivity contribution < 1.29 is 26.3 Å². The molecule has 2 heterocycles. The first-order valence-corrected chi connectivity index (χ1v) is 11.8. The Morgan fingerprint density at radius 2 is 1.40 bits per heavy atom. The maximum atomic E-state index is 12.4. The van der Waals surface area contributed by atoms with Crippen molar-refractivity contribution in [1.82, 2.24) is 12.9 Å². The van der Waals surface area contributed by atoms with E-state index >= 15 is 0 Å². The van der Waals surface area contributed by atoms with E-state index < -0.39 is 56.8 Å². The summed E-state index contributed by atoms with van der Waals surface area (Å²) in [6.07, 6.45) is -9.66. The number of alkyl halides is 6. The van der Waals surface area contributed by atoms with Crippen LogP contribution in [0.4, 0.5) is 26.3 Å². The molecule has 0 fully saturated rings. The molecule has 2 bridgehead atoms. The minimum absolute atomic E-state index is 0.120. The van der Waals surface area contributed by atoms with Crippen LogP contribution in [0.5, 0.6) is 0 Å². The molecule has 2 rings (SSSR count). The Morgan fingerprint density at radius 3 is 1.73 bits per heavy atom. The monoisotopic (exact) mass is 522 g/mol. The highest BCUT2D eigenvalue weighted by atomic mass is 32.3. The molecule has 0 radical (unpaired) electrons. The quantitative estimate of drug-likeness (QED) is 0.200. The third kappa shape index (κ3) is 8.38. The van der Waals surface area contributed by atoms with Crippen LogP contribution in [0.15, 0.2) is 24.5 Å². The molecule has 0 saturated heterocycles. The van der Waals surface area contributed by atoms with E-state index in [9.17, 15) is 26.3 Å². The van der Waals surface area contributed by atoms with E-state index in [-0.39, 0.29) is 11.5 Å². The van der Waals surface area contributed by atoms with Gasteiger partial charge in [-0.05, 0) is 0 Å². The molecule has 10 nitrogen and oxygen atoms in total. The van der Waals surface area contributed by atoms with E-state index in [1.165, 1.54) is 0 Å². The van der Waals surface area contributed by atoms with Crippen LogP contribution in [0.25, 0.3) is 0 Å². The summed E-state index contributed by atoms with van der Waals surface area (Å²) in [7, 11) is 10.6. The van der Waals surface area contributed by atoms with Crippen molar-refractivity contribution in [2.75, 3.05) is 42.3 Å². The number of amidine groups is 2. The van der Waals surface area contributed by atoms with Crippen LogP contribution in [0.1, 0.15) is 0 Å². The second-order valence-corrected chi connectivity index (χ2v) is 12.1. The zero-order chi connectivity index (χ0) is 23.4. The molecule has 0 amide bonds. The highest BCUT2D eigenvalue weighted by Gasteiger charge is 2.38. The van der Waals surface area contributed by atoms with E-state index in [2.05, 4.69) is 85.4 Å². The molecule has 176 valence electrons. The van der Waals surface area contributed by atoms with Crippen molar-refractivity contribution in [1.29, 1.82) is 0 Å². The summed E-state index contributed by atoms with van der Waals surface area (Å²) >= 11 is -3.52. The van der Waals surface area contributed by atoms with Crippen molar-refractivity contribution in [3.8, 4) is 0 Å². The predicted molar refractivity (Wildman–Crippen MR) is 111 cm³/mol. The highest BCUT2D eigenvalue weighted by molar-refractivity contribution is 8.05. The average Bonchev–Trinajstić information content (AvgIpc) is 2.51. The molecule has 2 aliphatic rings. The van der Waals surface area contributed by atoms with Gasteiger partial charge < -0.3 is 17.7 Å². The Kier molecular flexibility index (Phi) is 9.69. The molecule has 2 atom stereocenters. The molecule has 20 heteroatoms. The first-order valence-electron chi connectivity index (χ1n) is 7.47. The van der Waals surface area contributed by atoms with Gasteiger partial charge in [0.05, 0.1) is 0 Å². The molecule has 2 N–H and O–H groups in total. The van der Waals surface area contributed by atoms with E-state index in [0.717, 1.165) is 0 Å². The molecule has 2 aliphatic heterocycles. The maximum absolute atomic E-state index is 12.4. The van der Waals surface area contributed by atoms with Gasteiger partial charge in [-0.3, -0.25) is 0 Å². The van der Waals surface area contributed by atoms with Crippen molar-refractivity contribution >= 4 is 55.9 Å². The summed E-state index contributed by atoms with van der Waals surface area (Å²) < 4.78 is 99.7. The SMILES string of the molecule is CN(C)[S+](N(C)C)N(C)C.N/C(=N/[S-]1=NS2=NC(C(F)(F)F)=NS(=N2)N=1)C(F)(F)F. The maximum Gasteiger partial charge on any atom is 0.453 e. The summed E-state index contributed by atoms with van der Waals surface area (Å²) in [4.78, 5) is 0. The van der Waals surface area contributed by atoms with Gasteiger partial charge in [-0.25, -0.2) is 0 Å². The number of nitrogens with two attached hydrogens (primary N) is 1. The van der Waals surface area contributed by atoms with Gasteiger partial charge in [0.1, 0.15) is 22.1 Å². The van der Waals surface area contributed by atoms with Crippen LogP contribution in [-0.4, -0.2) is 79.2 Å². The van der Waals surface area contributed by atoms with Crippen LogP contribution in [0.3, 0.4) is 0 Å². The van der Waals surface area contributed by atoms with E-state index in [1.807, 2.05) is 0 Å². The predicted octanol–water partition coefficient (Wildman–Crippen LogP) is 2.09. The van der Waals surface area contributed by atoms with Crippen LogP contribution in [0, 0.1) is 0 Å². The zero-order valence-electron chi connectivity index (χ0n) is 16.5. The first-order chi connectivity index (χ1) is 13.5. The molecule has 0 aromatic carbocycles. The normalized spacial score (nSPS) is 22.7. The van der Waals surface area contributed by atoms with Crippen LogP contribution in [0.2, 0.25) is 0 Å². The van der Waals surface area contributed by atoms with Gasteiger partial charge >= 0.3 is 12.4 Å². The summed E-state index contributed by atoms with van der Waals surface area (Å²) in [5.41, 5.74) is 4.67. The van der Waals surface area contributed by atoms with Gasteiger partial charge in [-0.1, -0.05) is 12.9 Å². The topological polar surface area (TPSA) is 110 Å². The van der Waals surface area contributed by atoms with E-state index in [4.69, 9.17) is 0 Å². The smallest absolute Gasteiger partial charge is 0.381 e. The first kappa shape index (κ1) is 27.2. The Hall–Kier alpha value is -0.800. The molecular formula is C10H20F6N10S4. The van der Waals surface area contributed by atoms with Crippen molar-refractivity contribution in [3.63, 3.8) is 0 Å². The van der Waals surface area contributed by atoms with Crippen LogP contribution in [-0.2, 0) is 44.3 Å². The third-order valence-corrected chi connectivity index (χ3v) is 8.63. The lowest BCUT2D eigenvalue weighted by atomic mass is 10.6. The lowest BCUT2D eigenvalue weighted by molar-refractivity contribution is -0.0602. The van der Waals surface area contributed by atoms with Gasteiger partial charge in [0, 0.05) is 42.3 Å². The molecule has 0 aromatic heterocycles. The molecule has 0 aliphatic carbocycles. The van der Waals surface area contributed by atoms with E-state index in [0.29, 0.717) is 0 Å². The van der Waals surface area contributed by atoms with Gasteiger partial charge in [0.15, 0.2) is 5.84 Å². The molecular weight excluding hydrogens is 502 g/mol. The lowest BCUT2D eigenvalue weighted by Crippen LogP contribution is -2.44. The zero-order valence-corrected chi connectivity index (χ0v) is 19.8. The molecule has 0 spiro atoms. The number of rotatable bonds is 4. The fraction of sp³-hybridized carbons (Fsp3) is 0.800. The van der Waals surface area contributed by atoms with Crippen molar-refractivity contribution in [3.05, 3.63) is 0 Å². The van der Waals surface area contributed by atoms with Crippen molar-refractivity contribution in [2.24, 2.45) is 30.2 Å². The van der Waals surface area contributed by atoms with Gasteiger partial charge in [0.25, 0.3) is 17.3 Å². The Bertz CT molecular complexity index is 831. The van der Waals surface area contributed by atoms with Gasteiger partial charge in [0.2, 0.25) is 0 Å². The minimum Gasteiger partial charge on any atom is -0.381 e. The fourth-order valence-corrected chi connectivity index (χ4v) is 7.90. The fourth-order valence-electron chi connectivity index (χ4n) is 1.71. The van der Waals surface area contributed by atoms with Gasteiger partial charge in [-0.2, -0.15) is 45.8 Å². The number of halogens is 6. The number of hydrogen-bond acceptors (Lipinski definition) is 10. The van der Waals surface area contributed by atoms with Gasteiger partial charge in [-0.15, -0.1) is 3.77 Å². The largest absolute Gasteiger partial charge is 0.453 e.